The van der Waals surface area contributed by atoms with Gasteiger partial charge in [-0.3, -0.25) is 0 Å². The summed E-state index contributed by atoms with van der Waals surface area (Å²) in [4.78, 5) is 0. The molecule has 0 aromatic rings. The molecule has 0 radical (unpaired) electrons. The van der Waals surface area contributed by atoms with Crippen molar-refractivity contribution in [2.75, 3.05) is 0 Å². The number of alkyl halides is 1. The van der Waals surface area contributed by atoms with Gasteiger partial charge in [0.05, 0.1) is 8.07 Å². The van der Waals surface area contributed by atoms with Gasteiger partial charge in [-0.2, -0.15) is 0 Å². The van der Waals surface area contributed by atoms with Crippen molar-refractivity contribution < 1.29 is 0 Å². The molecule has 0 saturated carbocycles. The van der Waals surface area contributed by atoms with E-state index in [2.05, 4.69) is 26.6 Å². The van der Waals surface area contributed by atoms with Gasteiger partial charge in [0.25, 0.3) is 0 Å². The molecule has 0 rings (SSSR count). The van der Waals surface area contributed by atoms with Crippen LogP contribution in [0.1, 0.15) is 6.92 Å². The van der Waals surface area contributed by atoms with Gasteiger partial charge in [-0.15, -0.1) is 11.6 Å². The molecule has 0 nitrogen and oxygen atoms in total. The van der Waals surface area contributed by atoms with Crippen molar-refractivity contribution >= 4 is 19.7 Å². The zero-order valence-corrected chi connectivity index (χ0v) is 7.21. The van der Waals surface area contributed by atoms with E-state index in [1.165, 1.54) is 0 Å². The van der Waals surface area contributed by atoms with E-state index < -0.39 is 8.07 Å². The molecule has 0 saturated heterocycles. The molecular weight excluding hydrogens is 124 g/mol. The number of hydrogen-bond donors (Lipinski definition) is 0. The average molecular weight is 137 g/mol. The van der Waals surface area contributed by atoms with Crippen molar-refractivity contribution in [1.82, 2.24) is 0 Å². The minimum Gasteiger partial charge on any atom is -0.127 e. The predicted octanol–water partition coefficient (Wildman–Crippen LogP) is 2.49. The summed E-state index contributed by atoms with van der Waals surface area (Å²) >= 11 is 5.82. The maximum atomic E-state index is 5.82. The summed E-state index contributed by atoms with van der Waals surface area (Å²) in [5.74, 6) is 0. The quantitative estimate of drug-likeness (QED) is 0.384. The SMILES string of the molecule is CC(Cl)[Si](C)(C)C. The first kappa shape index (κ1) is 7.51. The lowest BCUT2D eigenvalue weighted by atomic mass is 11.0. The molecule has 2 heteroatoms. The third kappa shape index (κ3) is 3.12. The second kappa shape index (κ2) is 2.18. The predicted molar refractivity (Wildman–Crippen MR) is 38.7 cm³/mol. The molecule has 0 aromatic heterocycles. The zero-order valence-electron chi connectivity index (χ0n) is 5.46. The molecule has 0 fully saturated rings. The smallest absolute Gasteiger partial charge is 0.0645 e. The van der Waals surface area contributed by atoms with Crippen molar-refractivity contribution in [2.45, 2.75) is 31.6 Å². The molecule has 0 N–H and O–H groups in total. The van der Waals surface area contributed by atoms with Crippen LogP contribution < -0.4 is 0 Å². The molecule has 0 bridgehead atoms. The monoisotopic (exact) mass is 136 g/mol. The van der Waals surface area contributed by atoms with Crippen LogP contribution in [0.4, 0.5) is 0 Å². The van der Waals surface area contributed by atoms with Crippen LogP contribution in [-0.4, -0.2) is 13.1 Å². The van der Waals surface area contributed by atoms with Crippen molar-refractivity contribution in [3.63, 3.8) is 0 Å². The highest BCUT2D eigenvalue weighted by Crippen LogP contribution is 2.11. The van der Waals surface area contributed by atoms with Crippen LogP contribution >= 0.6 is 11.6 Å². The highest BCUT2D eigenvalue weighted by atomic mass is 35.5. The lowest BCUT2D eigenvalue weighted by molar-refractivity contribution is 1.28. The van der Waals surface area contributed by atoms with Crippen LogP contribution in [0, 0.1) is 0 Å². The van der Waals surface area contributed by atoms with E-state index >= 15 is 0 Å². The summed E-state index contributed by atoms with van der Waals surface area (Å²) in [5, 5.41) is 0.410. The number of rotatable bonds is 1. The summed E-state index contributed by atoms with van der Waals surface area (Å²) in [7, 11) is -0.969. The van der Waals surface area contributed by atoms with E-state index in [0.717, 1.165) is 0 Å². The van der Waals surface area contributed by atoms with Crippen LogP contribution in [0.25, 0.3) is 0 Å². The third-order valence-electron chi connectivity index (χ3n) is 1.19. The van der Waals surface area contributed by atoms with E-state index in [4.69, 9.17) is 11.6 Å². The summed E-state index contributed by atoms with van der Waals surface area (Å²) in [5.41, 5.74) is 0. The molecule has 0 aliphatic carbocycles. The van der Waals surface area contributed by atoms with Gasteiger partial charge < -0.3 is 0 Å². The van der Waals surface area contributed by atoms with Crippen molar-refractivity contribution in [3.8, 4) is 0 Å². The minimum absolute atomic E-state index is 0.410. The van der Waals surface area contributed by atoms with Crippen LogP contribution in [0.2, 0.25) is 19.6 Å². The Morgan fingerprint density at radius 2 is 1.43 bits per heavy atom. The molecule has 0 aliphatic rings. The molecule has 0 heterocycles. The molecule has 0 amide bonds. The normalized spacial score (nSPS) is 16.7. The van der Waals surface area contributed by atoms with Gasteiger partial charge in [0.15, 0.2) is 0 Å². The van der Waals surface area contributed by atoms with E-state index in [9.17, 15) is 0 Å². The van der Waals surface area contributed by atoms with Gasteiger partial charge in [-0.25, -0.2) is 0 Å². The highest BCUT2D eigenvalue weighted by molar-refractivity contribution is 6.83. The summed E-state index contributed by atoms with van der Waals surface area (Å²) < 4.78 is 0. The first-order valence-electron chi connectivity index (χ1n) is 2.58. The summed E-state index contributed by atoms with van der Waals surface area (Å²) in [6, 6.07) is 0. The Morgan fingerprint density at radius 3 is 1.43 bits per heavy atom. The van der Waals surface area contributed by atoms with E-state index in [-0.39, 0.29) is 0 Å². The molecule has 0 spiro atoms. The van der Waals surface area contributed by atoms with Gasteiger partial charge in [0, 0.05) is 5.00 Å². The maximum Gasteiger partial charge on any atom is 0.0645 e. The average Bonchev–Trinajstić information content (AvgIpc) is 1.31. The van der Waals surface area contributed by atoms with E-state index in [1.54, 1.807) is 0 Å². The topological polar surface area (TPSA) is 0 Å². The van der Waals surface area contributed by atoms with Gasteiger partial charge in [0.2, 0.25) is 0 Å². The summed E-state index contributed by atoms with van der Waals surface area (Å²) in [6.07, 6.45) is 0. The second-order valence-corrected chi connectivity index (χ2v) is 9.60. The Balaban J connectivity index is 3.54. The van der Waals surface area contributed by atoms with Crippen LogP contribution in [0.5, 0.6) is 0 Å². The zero-order chi connectivity index (χ0) is 6.08. The second-order valence-electron chi connectivity index (χ2n) is 2.98. The number of halogens is 1. The van der Waals surface area contributed by atoms with Crippen LogP contribution in [-0.2, 0) is 0 Å². The Hall–Kier alpha value is 0.507. The lowest BCUT2D eigenvalue weighted by Gasteiger charge is -2.17. The molecular formula is C5H13ClSi. The fourth-order valence-corrected chi connectivity index (χ4v) is 0. The minimum atomic E-state index is -0.969. The van der Waals surface area contributed by atoms with Gasteiger partial charge >= 0.3 is 0 Å². The molecule has 44 valence electrons. The van der Waals surface area contributed by atoms with Gasteiger partial charge in [-0.05, 0) is 0 Å². The fourth-order valence-electron chi connectivity index (χ4n) is 0. The van der Waals surface area contributed by atoms with Crippen molar-refractivity contribution in [3.05, 3.63) is 0 Å². The first-order valence-corrected chi connectivity index (χ1v) is 6.60. The Labute approximate surface area is 51.9 Å². The summed E-state index contributed by atoms with van der Waals surface area (Å²) in [6.45, 7) is 8.88. The standard InChI is InChI=1S/C5H13ClSi/c1-5(6)7(2,3)4/h5H,1-4H3. The molecule has 7 heavy (non-hydrogen) atoms. The fraction of sp³-hybridized carbons (Fsp3) is 1.00. The van der Waals surface area contributed by atoms with Crippen molar-refractivity contribution in [1.29, 1.82) is 0 Å². The van der Waals surface area contributed by atoms with E-state index in [0.29, 0.717) is 5.00 Å². The van der Waals surface area contributed by atoms with Crippen molar-refractivity contribution in [2.24, 2.45) is 0 Å². The Kier molecular flexibility index (Phi) is 2.34. The van der Waals surface area contributed by atoms with Crippen LogP contribution in [0.3, 0.4) is 0 Å². The Bertz CT molecular complexity index is 53.6. The largest absolute Gasteiger partial charge is 0.127 e. The molecule has 1 unspecified atom stereocenters. The van der Waals surface area contributed by atoms with E-state index in [1.807, 2.05) is 0 Å². The Morgan fingerprint density at radius 1 is 1.29 bits per heavy atom. The lowest BCUT2D eigenvalue weighted by Crippen LogP contribution is -2.31. The third-order valence-corrected chi connectivity index (χ3v) is 5.54. The molecule has 0 aromatic carbocycles. The highest BCUT2D eigenvalue weighted by Gasteiger charge is 2.18. The molecule has 1 atom stereocenters. The first-order chi connectivity index (χ1) is 2.94. The van der Waals surface area contributed by atoms with Gasteiger partial charge in [0.1, 0.15) is 0 Å². The number of hydrogen-bond acceptors (Lipinski definition) is 0. The maximum absolute atomic E-state index is 5.82. The molecule has 0 aliphatic heterocycles. The van der Waals surface area contributed by atoms with Crippen LogP contribution in [0.15, 0.2) is 0 Å². The van der Waals surface area contributed by atoms with Gasteiger partial charge in [-0.1, -0.05) is 26.6 Å².